The molecule has 66 valence electrons. The first kappa shape index (κ1) is 9.26. The minimum Gasteiger partial charge on any atom is -0.462 e. The van der Waals surface area contributed by atoms with E-state index >= 15 is 0 Å². The van der Waals surface area contributed by atoms with Crippen LogP contribution in [-0.4, -0.2) is 24.3 Å². The van der Waals surface area contributed by atoms with Crippen LogP contribution in [-0.2, 0) is 9.53 Å². The number of alkyl halides is 1. The van der Waals surface area contributed by atoms with Crippen LogP contribution >= 0.6 is 11.6 Å². The predicted octanol–water partition coefficient (Wildman–Crippen LogP) is 1.52. The van der Waals surface area contributed by atoms with E-state index in [0.717, 1.165) is 0 Å². The Bertz CT molecular complexity index is 235. The van der Waals surface area contributed by atoms with Gasteiger partial charge in [-0.2, -0.15) is 0 Å². The number of carbonyl (C=O) groups is 1. The Kier molecular flexibility index (Phi) is 3.29. The minimum atomic E-state index is -0.329. The number of aliphatic imine (C=N–C) groups is 1. The number of rotatable bonds is 2. The fourth-order valence-electron chi connectivity index (χ4n) is 0.849. The third kappa shape index (κ3) is 2.34. The number of carbonyl (C=O) groups excluding carboxylic acids is 1. The van der Waals surface area contributed by atoms with Gasteiger partial charge in [0, 0.05) is 12.6 Å². The van der Waals surface area contributed by atoms with Gasteiger partial charge in [-0.25, -0.2) is 4.79 Å². The van der Waals surface area contributed by atoms with Crippen molar-refractivity contribution in [3.63, 3.8) is 0 Å². The van der Waals surface area contributed by atoms with Crippen molar-refractivity contribution in [3.8, 4) is 0 Å². The Hall–Kier alpha value is -0.830. The normalized spacial score (nSPS) is 21.8. The number of hydrogen-bond acceptors (Lipinski definition) is 3. The van der Waals surface area contributed by atoms with E-state index in [1.54, 1.807) is 13.0 Å². The molecule has 0 saturated heterocycles. The smallest absolute Gasteiger partial charge is 0.339 e. The molecule has 12 heavy (non-hydrogen) atoms. The molecule has 4 heteroatoms. The molecule has 0 saturated carbocycles. The summed E-state index contributed by atoms with van der Waals surface area (Å²) in [6.45, 7) is 2.15. The second-order valence-electron chi connectivity index (χ2n) is 2.33. The number of nitrogens with zero attached hydrogens (tertiary/aromatic N) is 1. The summed E-state index contributed by atoms with van der Waals surface area (Å²) in [6.07, 6.45) is 3.79. The van der Waals surface area contributed by atoms with Gasteiger partial charge in [0.05, 0.1) is 12.2 Å². The Morgan fingerprint density at radius 3 is 3.17 bits per heavy atom. The summed E-state index contributed by atoms with van der Waals surface area (Å²) in [4.78, 5) is 15.0. The molecule has 0 aliphatic carbocycles. The maximum absolute atomic E-state index is 11.1. The molecule has 1 aliphatic rings. The second-order valence-corrected chi connectivity index (χ2v) is 2.83. The molecule has 0 aromatic heterocycles. The first-order valence-electron chi connectivity index (χ1n) is 3.78. The first-order valence-corrected chi connectivity index (χ1v) is 4.22. The molecule has 1 heterocycles. The van der Waals surface area contributed by atoms with Gasteiger partial charge < -0.3 is 4.74 Å². The summed E-state index contributed by atoms with van der Waals surface area (Å²) in [5.41, 5.74) is 0.261. The van der Waals surface area contributed by atoms with Gasteiger partial charge >= 0.3 is 5.97 Å². The summed E-state index contributed by atoms with van der Waals surface area (Å²) < 4.78 is 4.78. The van der Waals surface area contributed by atoms with Gasteiger partial charge in [-0.1, -0.05) is 17.7 Å². The average Bonchev–Trinajstić information content (AvgIpc) is 2.06. The van der Waals surface area contributed by atoms with E-state index in [1.807, 2.05) is 0 Å². The highest BCUT2D eigenvalue weighted by molar-refractivity contribution is 6.22. The van der Waals surface area contributed by atoms with Crippen molar-refractivity contribution in [3.05, 3.63) is 11.6 Å². The lowest BCUT2D eigenvalue weighted by Gasteiger charge is -2.08. The van der Waals surface area contributed by atoms with Crippen LogP contribution in [0.1, 0.15) is 13.3 Å². The zero-order valence-corrected chi connectivity index (χ0v) is 7.54. The largest absolute Gasteiger partial charge is 0.462 e. The van der Waals surface area contributed by atoms with Gasteiger partial charge in [-0.3, -0.25) is 4.99 Å². The lowest BCUT2D eigenvalue weighted by atomic mass is 10.2. The molecule has 0 fully saturated rings. The molecule has 1 aliphatic heterocycles. The fourth-order valence-corrected chi connectivity index (χ4v) is 0.995. The van der Waals surface area contributed by atoms with E-state index in [1.165, 1.54) is 6.21 Å². The first-order chi connectivity index (χ1) is 5.74. The molecule has 1 unspecified atom stereocenters. The minimum absolute atomic E-state index is 0.233. The van der Waals surface area contributed by atoms with E-state index in [-0.39, 0.29) is 11.5 Å². The Morgan fingerprint density at radius 2 is 2.67 bits per heavy atom. The Balaban J connectivity index is 2.54. The van der Waals surface area contributed by atoms with Crippen molar-refractivity contribution in [2.45, 2.75) is 18.8 Å². The quantitative estimate of drug-likeness (QED) is 0.374. The van der Waals surface area contributed by atoms with Gasteiger partial charge in [-0.15, -0.1) is 0 Å². The molecular weight excluding hydrogens is 178 g/mol. The van der Waals surface area contributed by atoms with Crippen molar-refractivity contribution < 1.29 is 9.53 Å². The molecule has 0 N–H and O–H groups in total. The van der Waals surface area contributed by atoms with Crippen LogP contribution in [0.5, 0.6) is 0 Å². The van der Waals surface area contributed by atoms with Crippen molar-refractivity contribution in [2.75, 3.05) is 6.61 Å². The van der Waals surface area contributed by atoms with Crippen LogP contribution in [0.3, 0.4) is 0 Å². The van der Waals surface area contributed by atoms with Crippen LogP contribution < -0.4 is 0 Å². The van der Waals surface area contributed by atoms with Crippen molar-refractivity contribution in [2.24, 2.45) is 4.99 Å². The predicted molar refractivity (Wildman–Crippen MR) is 47.5 cm³/mol. The highest BCUT2D eigenvalue weighted by Gasteiger charge is 2.12. The summed E-state index contributed by atoms with van der Waals surface area (Å²) in [5.74, 6) is -0.329. The van der Waals surface area contributed by atoms with E-state index < -0.39 is 0 Å². The zero-order valence-electron chi connectivity index (χ0n) is 6.79. The monoisotopic (exact) mass is 187 g/mol. The second kappa shape index (κ2) is 4.26. The van der Waals surface area contributed by atoms with E-state index in [2.05, 4.69) is 4.99 Å². The molecule has 0 aromatic carbocycles. The van der Waals surface area contributed by atoms with Crippen LogP contribution in [0.25, 0.3) is 0 Å². The topological polar surface area (TPSA) is 38.7 Å². The van der Waals surface area contributed by atoms with Crippen molar-refractivity contribution in [1.29, 1.82) is 0 Å². The lowest BCUT2D eigenvalue weighted by Crippen LogP contribution is -2.12. The number of dihydropyridines is 1. The molecule has 0 amide bonds. The fraction of sp³-hybridized carbons (Fsp3) is 0.500. The van der Waals surface area contributed by atoms with Gasteiger partial charge in [0.1, 0.15) is 5.50 Å². The molecule has 0 radical (unpaired) electrons. The average molecular weight is 188 g/mol. The van der Waals surface area contributed by atoms with Gasteiger partial charge in [-0.05, 0) is 6.92 Å². The summed E-state index contributed by atoms with van der Waals surface area (Å²) in [5, 5.41) is 0. The highest BCUT2D eigenvalue weighted by Crippen LogP contribution is 2.12. The third-order valence-corrected chi connectivity index (χ3v) is 1.71. The maximum atomic E-state index is 11.1. The Labute approximate surface area is 76.1 Å². The summed E-state index contributed by atoms with van der Waals surface area (Å²) >= 11 is 5.67. The lowest BCUT2D eigenvalue weighted by molar-refractivity contribution is -0.137. The number of ether oxygens (including phenoxy) is 1. The van der Waals surface area contributed by atoms with Crippen LogP contribution in [0.15, 0.2) is 16.6 Å². The van der Waals surface area contributed by atoms with E-state index in [4.69, 9.17) is 16.3 Å². The van der Waals surface area contributed by atoms with Gasteiger partial charge in [0.25, 0.3) is 0 Å². The molecule has 3 nitrogen and oxygen atoms in total. The van der Waals surface area contributed by atoms with Crippen molar-refractivity contribution >= 4 is 23.8 Å². The maximum Gasteiger partial charge on any atom is 0.339 e. The van der Waals surface area contributed by atoms with Crippen LogP contribution in [0, 0.1) is 0 Å². The number of halogens is 1. The molecule has 1 rings (SSSR count). The molecule has 0 bridgehead atoms. The standard InChI is InChI=1S/C8H10ClNO2/c1-2-12-8(11)6-3-4-7(9)10-5-6/h3,5,7H,2,4H2,1H3. The van der Waals surface area contributed by atoms with Crippen LogP contribution in [0.4, 0.5) is 0 Å². The zero-order chi connectivity index (χ0) is 8.97. The molecule has 0 spiro atoms. The van der Waals surface area contributed by atoms with Crippen molar-refractivity contribution in [1.82, 2.24) is 0 Å². The molecule has 0 aromatic rings. The van der Waals surface area contributed by atoms with Gasteiger partial charge in [0.15, 0.2) is 0 Å². The van der Waals surface area contributed by atoms with Gasteiger partial charge in [0.2, 0.25) is 0 Å². The summed E-state index contributed by atoms with van der Waals surface area (Å²) in [6, 6.07) is 0. The SMILES string of the molecule is CCOC(=O)C1=CCC(Cl)N=C1. The van der Waals surface area contributed by atoms with E-state index in [0.29, 0.717) is 18.6 Å². The van der Waals surface area contributed by atoms with E-state index in [9.17, 15) is 4.79 Å². The Morgan fingerprint density at radius 1 is 1.92 bits per heavy atom. The number of esters is 1. The highest BCUT2D eigenvalue weighted by atomic mass is 35.5. The van der Waals surface area contributed by atoms with Crippen LogP contribution in [0.2, 0.25) is 0 Å². The third-order valence-electron chi connectivity index (χ3n) is 1.42. The summed E-state index contributed by atoms with van der Waals surface area (Å²) in [7, 11) is 0. The number of hydrogen-bond donors (Lipinski definition) is 0. The molecular formula is C8H10ClNO2. The molecule has 1 atom stereocenters.